The van der Waals surface area contributed by atoms with Crippen molar-refractivity contribution in [2.45, 2.75) is 0 Å². The van der Waals surface area contributed by atoms with Gasteiger partial charge in [-0.05, 0) is 5.43 Å². The van der Waals surface area contributed by atoms with E-state index < -0.39 is 6.03 Å². The molecule has 9 heavy (non-hydrogen) atoms. The molecule has 49 valence electrons. The van der Waals surface area contributed by atoms with Crippen LogP contribution in [0.25, 0.3) is 0 Å². The fourth-order valence-electron chi connectivity index (χ4n) is 0.526. The Morgan fingerprint density at radius 3 is 2.11 bits per heavy atom. The minimum atomic E-state index is -0.565. The van der Waals surface area contributed by atoms with E-state index in [1.54, 1.807) is 0 Å². The topological polar surface area (TPSA) is 60.3 Å². The van der Waals surface area contributed by atoms with Crippen molar-refractivity contribution in [3.63, 3.8) is 0 Å². The lowest BCUT2D eigenvalue weighted by Gasteiger charge is -2.10. The Balaban J connectivity index is 2.81. The van der Waals surface area contributed by atoms with Gasteiger partial charge in [-0.1, -0.05) is 0 Å². The highest BCUT2D eigenvalue weighted by atomic mass is 16.2. The molecule has 1 aliphatic rings. The van der Waals surface area contributed by atoms with E-state index in [0.29, 0.717) is 0 Å². The Labute approximate surface area is 52.2 Å². The first kappa shape index (κ1) is 6.03. The maximum atomic E-state index is 10.7. The smallest absolute Gasteiger partial charge is 0.240 e. The van der Waals surface area contributed by atoms with Gasteiger partial charge in [0.05, 0.1) is 0 Å². The van der Waals surface area contributed by atoms with Crippen LogP contribution in [0.5, 0.6) is 0 Å². The third kappa shape index (κ3) is 0.857. The molecule has 1 fully saturated rings. The van der Waals surface area contributed by atoms with Crippen molar-refractivity contribution in [1.82, 2.24) is 10.7 Å². The fourth-order valence-corrected chi connectivity index (χ4v) is 0.526. The minimum absolute atomic E-state index is 0.251. The maximum Gasteiger partial charge on any atom is 0.451 e. The van der Waals surface area contributed by atoms with E-state index in [2.05, 4.69) is 5.43 Å². The number of nitrogens with one attached hydrogen (secondary N) is 1. The summed E-state index contributed by atoms with van der Waals surface area (Å²) < 4.78 is -0.251. The van der Waals surface area contributed by atoms with Crippen molar-refractivity contribution in [2.24, 2.45) is 0 Å². The van der Waals surface area contributed by atoms with Crippen LogP contribution in [0, 0.1) is 0 Å². The lowest BCUT2D eigenvalue weighted by atomic mass is 10.8. The van der Waals surface area contributed by atoms with Gasteiger partial charge in [-0.15, -0.1) is 4.59 Å². The Hall–Kier alpha value is -1.10. The quantitative estimate of drug-likeness (QED) is 0.445. The van der Waals surface area contributed by atoms with Gasteiger partial charge in [0.15, 0.2) is 0 Å². The van der Waals surface area contributed by atoms with Crippen molar-refractivity contribution >= 4 is 12.1 Å². The third-order valence-electron chi connectivity index (χ3n) is 1.05. The summed E-state index contributed by atoms with van der Waals surface area (Å²) in [6.45, 7) is 0. The van der Waals surface area contributed by atoms with Crippen molar-refractivity contribution in [3.8, 4) is 0 Å². The monoisotopic (exact) mass is 129 g/mol. The van der Waals surface area contributed by atoms with E-state index in [-0.39, 0.29) is 10.6 Å². The predicted octanol–water partition coefficient (Wildman–Crippen LogP) is -0.575. The number of amides is 4. The van der Waals surface area contributed by atoms with Crippen LogP contribution in [-0.2, 0) is 0 Å². The summed E-state index contributed by atoms with van der Waals surface area (Å²) in [6.07, 6.45) is 0. The number of hydrogen-bond acceptors (Lipinski definition) is 2. The molecule has 0 bridgehead atoms. The molecule has 1 aliphatic heterocycles. The molecule has 1 rings (SSSR count). The van der Waals surface area contributed by atoms with Crippen molar-refractivity contribution in [3.05, 3.63) is 0 Å². The minimum Gasteiger partial charge on any atom is -0.240 e. The molecule has 0 aliphatic carbocycles. The molecule has 5 heteroatoms. The average molecular weight is 129 g/mol. The Morgan fingerprint density at radius 2 is 2.00 bits per heavy atom. The van der Waals surface area contributed by atoms with E-state index >= 15 is 0 Å². The lowest BCUT2D eigenvalue weighted by Crippen LogP contribution is -2.45. The maximum absolute atomic E-state index is 10.7. The SMILES string of the molecule is C[N+]1(C)[N]C(=O)NC1=O. The molecule has 1 saturated heterocycles. The molecule has 1 N–H and O–H groups in total. The molecule has 0 aromatic heterocycles. The summed E-state index contributed by atoms with van der Waals surface area (Å²) in [4.78, 5) is 21.0. The molecular formula is C4H7N3O2+. The number of nitrogens with zero attached hydrogens (tertiary/aromatic N) is 2. The van der Waals surface area contributed by atoms with E-state index in [9.17, 15) is 9.59 Å². The van der Waals surface area contributed by atoms with Gasteiger partial charge in [0, 0.05) is 0 Å². The molecule has 0 unspecified atom stereocenters. The Kier molecular flexibility index (Phi) is 0.967. The fraction of sp³-hybridized carbons (Fsp3) is 0.500. The van der Waals surface area contributed by atoms with Crippen LogP contribution in [-0.4, -0.2) is 30.7 Å². The van der Waals surface area contributed by atoms with Crippen LogP contribution >= 0.6 is 0 Å². The number of urea groups is 2. The number of quaternary nitrogens is 1. The highest BCUT2D eigenvalue weighted by Gasteiger charge is 2.41. The molecule has 4 amide bonds. The molecule has 0 aromatic rings. The molecule has 0 spiro atoms. The zero-order valence-corrected chi connectivity index (χ0v) is 5.21. The van der Waals surface area contributed by atoms with Crippen LogP contribution < -0.4 is 10.7 Å². The highest BCUT2D eigenvalue weighted by Crippen LogP contribution is 2.00. The Bertz CT molecular complexity index is 175. The van der Waals surface area contributed by atoms with Gasteiger partial charge in [-0.3, -0.25) is 0 Å². The van der Waals surface area contributed by atoms with Gasteiger partial charge in [0.25, 0.3) is 0 Å². The molecule has 0 atom stereocenters. The second-order valence-electron chi connectivity index (χ2n) is 2.23. The summed E-state index contributed by atoms with van der Waals surface area (Å²) in [7, 11) is 3.06. The van der Waals surface area contributed by atoms with Crippen LogP contribution in [0.3, 0.4) is 0 Å². The van der Waals surface area contributed by atoms with Crippen LogP contribution in [0.4, 0.5) is 9.59 Å². The zero-order valence-electron chi connectivity index (χ0n) is 5.21. The highest BCUT2D eigenvalue weighted by molar-refractivity contribution is 5.93. The van der Waals surface area contributed by atoms with E-state index in [4.69, 9.17) is 0 Å². The van der Waals surface area contributed by atoms with Crippen molar-refractivity contribution in [1.29, 1.82) is 0 Å². The predicted molar refractivity (Wildman–Crippen MR) is 28.2 cm³/mol. The number of rotatable bonds is 0. The molecule has 1 heterocycles. The second kappa shape index (κ2) is 1.44. The summed E-state index contributed by atoms with van der Waals surface area (Å²) in [5.41, 5.74) is 3.44. The molecule has 1 radical (unpaired) electrons. The number of imide groups is 1. The summed E-state index contributed by atoms with van der Waals surface area (Å²) in [5.74, 6) is 0. The number of hydrogen-bond donors (Lipinski definition) is 1. The van der Waals surface area contributed by atoms with Gasteiger partial charge in [0.1, 0.15) is 14.1 Å². The van der Waals surface area contributed by atoms with Gasteiger partial charge in [-0.25, -0.2) is 14.9 Å². The van der Waals surface area contributed by atoms with Gasteiger partial charge >= 0.3 is 12.1 Å². The van der Waals surface area contributed by atoms with Crippen molar-refractivity contribution in [2.75, 3.05) is 14.1 Å². The van der Waals surface area contributed by atoms with Crippen LogP contribution in [0.1, 0.15) is 0 Å². The first-order chi connectivity index (χ1) is 4.02. The number of carbonyl (C=O) groups is 2. The summed E-state index contributed by atoms with van der Waals surface area (Å²) in [6, 6.07) is -0.954. The standard InChI is InChI=1S/C4H7N3O2/c1-7(2)4(9)5-3(8)6-7/h1-2H3,(H,5,8,9)/q+1. The molecule has 5 nitrogen and oxygen atoms in total. The number of carbonyl (C=O) groups excluding carboxylic acids is 2. The Morgan fingerprint density at radius 1 is 1.44 bits per heavy atom. The summed E-state index contributed by atoms with van der Waals surface area (Å²) in [5, 5.41) is 2.03. The van der Waals surface area contributed by atoms with Gasteiger partial charge in [0.2, 0.25) is 0 Å². The average Bonchev–Trinajstić information content (AvgIpc) is 1.79. The van der Waals surface area contributed by atoms with E-state index in [0.717, 1.165) is 0 Å². The third-order valence-corrected chi connectivity index (χ3v) is 1.05. The second-order valence-corrected chi connectivity index (χ2v) is 2.23. The van der Waals surface area contributed by atoms with E-state index in [1.807, 2.05) is 5.32 Å². The lowest BCUT2D eigenvalue weighted by molar-refractivity contribution is -0.842. The van der Waals surface area contributed by atoms with E-state index in [1.165, 1.54) is 14.1 Å². The largest absolute Gasteiger partial charge is 0.451 e. The molecular weight excluding hydrogens is 122 g/mol. The normalized spacial score (nSPS) is 23.3. The zero-order chi connectivity index (χ0) is 7.07. The molecule has 0 saturated carbocycles. The first-order valence-corrected chi connectivity index (χ1v) is 2.45. The van der Waals surface area contributed by atoms with Gasteiger partial charge in [-0.2, -0.15) is 0 Å². The molecule has 0 aromatic carbocycles. The van der Waals surface area contributed by atoms with Gasteiger partial charge < -0.3 is 0 Å². The van der Waals surface area contributed by atoms with Crippen molar-refractivity contribution < 1.29 is 14.2 Å². The van der Waals surface area contributed by atoms with Crippen LogP contribution in [0.2, 0.25) is 0 Å². The van der Waals surface area contributed by atoms with Crippen LogP contribution in [0.15, 0.2) is 0 Å². The first-order valence-electron chi connectivity index (χ1n) is 2.45. The summed E-state index contributed by atoms with van der Waals surface area (Å²) >= 11 is 0.